The van der Waals surface area contributed by atoms with E-state index in [2.05, 4.69) is 5.32 Å². The van der Waals surface area contributed by atoms with Crippen molar-refractivity contribution in [3.8, 4) is 0 Å². The van der Waals surface area contributed by atoms with Crippen molar-refractivity contribution in [1.82, 2.24) is 5.32 Å². The summed E-state index contributed by atoms with van der Waals surface area (Å²) in [5.41, 5.74) is 6.22. The van der Waals surface area contributed by atoms with Gasteiger partial charge in [-0.05, 0) is 37.1 Å². The summed E-state index contributed by atoms with van der Waals surface area (Å²) in [6.45, 7) is 0.506. The van der Waals surface area contributed by atoms with E-state index in [0.717, 1.165) is 25.7 Å². The molecular formula is C13H17ClN2O. The van der Waals surface area contributed by atoms with E-state index >= 15 is 0 Å². The highest BCUT2D eigenvalue weighted by Gasteiger charge is 2.33. The van der Waals surface area contributed by atoms with Gasteiger partial charge in [-0.2, -0.15) is 0 Å². The normalized spacial score (nSPS) is 18.0. The minimum absolute atomic E-state index is 0.0611. The zero-order valence-electron chi connectivity index (χ0n) is 9.71. The summed E-state index contributed by atoms with van der Waals surface area (Å²) in [6.07, 6.45) is 4.22. The fraction of sp³-hybridized carbons (Fsp3) is 0.462. The summed E-state index contributed by atoms with van der Waals surface area (Å²) in [6, 6.07) is 6.91. The first-order valence-electron chi connectivity index (χ1n) is 5.93. The Labute approximate surface area is 106 Å². The second-order valence-electron chi connectivity index (χ2n) is 4.65. The molecule has 0 atom stereocenters. The van der Waals surface area contributed by atoms with Crippen LogP contribution >= 0.6 is 11.6 Å². The maximum atomic E-state index is 12.1. The lowest BCUT2D eigenvalue weighted by atomic mass is 9.97. The molecule has 0 spiro atoms. The van der Waals surface area contributed by atoms with Crippen LogP contribution in [0.15, 0.2) is 24.3 Å². The number of hydrogen-bond acceptors (Lipinski definition) is 2. The molecule has 0 radical (unpaired) electrons. The van der Waals surface area contributed by atoms with Crippen LogP contribution in [0.2, 0.25) is 5.02 Å². The lowest BCUT2D eigenvalue weighted by molar-refractivity contribution is 0.0903. The number of nitrogens with one attached hydrogen (secondary N) is 1. The minimum atomic E-state index is -0.198. The number of amides is 1. The standard InChI is InChI=1S/C13H17ClN2O/c14-11-5-3-10(4-6-11)12(17)16-13(9-15)7-1-2-8-13/h3-6H,1-2,7-9,15H2,(H,16,17). The van der Waals surface area contributed by atoms with Gasteiger partial charge in [0.1, 0.15) is 0 Å². The molecule has 1 saturated carbocycles. The van der Waals surface area contributed by atoms with E-state index in [9.17, 15) is 4.79 Å². The minimum Gasteiger partial charge on any atom is -0.345 e. The Morgan fingerprint density at radius 1 is 1.29 bits per heavy atom. The van der Waals surface area contributed by atoms with Gasteiger partial charge in [0.15, 0.2) is 0 Å². The molecule has 3 N–H and O–H groups in total. The molecule has 0 aliphatic heterocycles. The molecule has 0 saturated heterocycles. The van der Waals surface area contributed by atoms with Crippen LogP contribution in [0, 0.1) is 0 Å². The van der Waals surface area contributed by atoms with Gasteiger partial charge in [0.05, 0.1) is 5.54 Å². The molecule has 2 rings (SSSR count). The predicted molar refractivity (Wildman–Crippen MR) is 69.2 cm³/mol. The number of rotatable bonds is 3. The highest BCUT2D eigenvalue weighted by atomic mass is 35.5. The first-order chi connectivity index (χ1) is 8.15. The molecule has 0 unspecified atom stereocenters. The molecule has 1 fully saturated rings. The summed E-state index contributed by atoms with van der Waals surface area (Å²) in [4.78, 5) is 12.1. The highest BCUT2D eigenvalue weighted by molar-refractivity contribution is 6.30. The summed E-state index contributed by atoms with van der Waals surface area (Å²) >= 11 is 5.79. The molecule has 1 amide bonds. The van der Waals surface area contributed by atoms with Gasteiger partial charge < -0.3 is 11.1 Å². The summed E-state index contributed by atoms with van der Waals surface area (Å²) in [7, 11) is 0. The van der Waals surface area contributed by atoms with Crippen molar-refractivity contribution in [2.24, 2.45) is 5.73 Å². The average Bonchev–Trinajstić information content (AvgIpc) is 2.79. The van der Waals surface area contributed by atoms with Crippen molar-refractivity contribution in [2.75, 3.05) is 6.54 Å². The lowest BCUT2D eigenvalue weighted by Gasteiger charge is -2.28. The van der Waals surface area contributed by atoms with E-state index in [1.54, 1.807) is 24.3 Å². The van der Waals surface area contributed by atoms with Gasteiger partial charge in [-0.3, -0.25) is 4.79 Å². The second kappa shape index (κ2) is 5.07. The van der Waals surface area contributed by atoms with Gasteiger partial charge in [0, 0.05) is 17.1 Å². The fourth-order valence-corrected chi connectivity index (χ4v) is 2.47. The van der Waals surface area contributed by atoms with E-state index in [0.29, 0.717) is 17.1 Å². The molecule has 17 heavy (non-hydrogen) atoms. The van der Waals surface area contributed by atoms with Crippen LogP contribution < -0.4 is 11.1 Å². The van der Waals surface area contributed by atoms with Gasteiger partial charge in [-0.15, -0.1) is 0 Å². The van der Waals surface area contributed by atoms with Crippen LogP contribution in [0.5, 0.6) is 0 Å². The van der Waals surface area contributed by atoms with Crippen molar-refractivity contribution < 1.29 is 4.79 Å². The predicted octanol–water partition coefficient (Wildman–Crippen LogP) is 2.34. The monoisotopic (exact) mass is 252 g/mol. The third kappa shape index (κ3) is 2.79. The van der Waals surface area contributed by atoms with Crippen LogP contribution in [0.4, 0.5) is 0 Å². The molecule has 0 heterocycles. The van der Waals surface area contributed by atoms with Gasteiger partial charge in [0.2, 0.25) is 0 Å². The fourth-order valence-electron chi connectivity index (χ4n) is 2.35. The Balaban J connectivity index is 2.08. The molecule has 1 aromatic rings. The molecule has 3 nitrogen and oxygen atoms in total. The van der Waals surface area contributed by atoms with E-state index in [1.165, 1.54) is 0 Å². The third-order valence-corrected chi connectivity index (χ3v) is 3.69. The Bertz CT molecular complexity index is 396. The molecular weight excluding hydrogens is 236 g/mol. The lowest BCUT2D eigenvalue weighted by Crippen LogP contribution is -2.51. The Kier molecular flexibility index (Phi) is 3.69. The number of carbonyl (C=O) groups excluding carboxylic acids is 1. The Morgan fingerprint density at radius 3 is 2.41 bits per heavy atom. The maximum Gasteiger partial charge on any atom is 0.251 e. The number of carbonyl (C=O) groups is 1. The van der Waals surface area contributed by atoms with Crippen LogP contribution in [-0.2, 0) is 0 Å². The quantitative estimate of drug-likeness (QED) is 0.868. The third-order valence-electron chi connectivity index (χ3n) is 3.44. The van der Waals surface area contributed by atoms with Crippen molar-refractivity contribution in [3.05, 3.63) is 34.9 Å². The summed E-state index contributed by atoms with van der Waals surface area (Å²) in [5.74, 6) is -0.0611. The smallest absolute Gasteiger partial charge is 0.251 e. The average molecular weight is 253 g/mol. The number of hydrogen-bond donors (Lipinski definition) is 2. The zero-order valence-corrected chi connectivity index (χ0v) is 10.5. The largest absolute Gasteiger partial charge is 0.345 e. The van der Waals surface area contributed by atoms with Crippen LogP contribution in [0.25, 0.3) is 0 Å². The van der Waals surface area contributed by atoms with Gasteiger partial charge in [0.25, 0.3) is 5.91 Å². The molecule has 1 aliphatic rings. The first-order valence-corrected chi connectivity index (χ1v) is 6.31. The number of nitrogens with two attached hydrogens (primary N) is 1. The van der Waals surface area contributed by atoms with Gasteiger partial charge in [-0.1, -0.05) is 24.4 Å². The van der Waals surface area contributed by atoms with E-state index in [1.807, 2.05) is 0 Å². The Morgan fingerprint density at radius 2 is 1.88 bits per heavy atom. The van der Waals surface area contributed by atoms with Gasteiger partial charge in [-0.25, -0.2) is 0 Å². The van der Waals surface area contributed by atoms with Crippen molar-refractivity contribution in [1.29, 1.82) is 0 Å². The molecule has 92 valence electrons. The van der Waals surface area contributed by atoms with E-state index in [-0.39, 0.29) is 11.4 Å². The molecule has 1 aromatic carbocycles. The van der Waals surface area contributed by atoms with E-state index in [4.69, 9.17) is 17.3 Å². The van der Waals surface area contributed by atoms with Crippen LogP contribution in [0.1, 0.15) is 36.0 Å². The van der Waals surface area contributed by atoms with Crippen LogP contribution in [0.3, 0.4) is 0 Å². The van der Waals surface area contributed by atoms with Crippen molar-refractivity contribution >= 4 is 17.5 Å². The molecule has 0 aromatic heterocycles. The van der Waals surface area contributed by atoms with E-state index < -0.39 is 0 Å². The van der Waals surface area contributed by atoms with Crippen LogP contribution in [-0.4, -0.2) is 18.0 Å². The maximum absolute atomic E-state index is 12.1. The highest BCUT2D eigenvalue weighted by Crippen LogP contribution is 2.28. The molecule has 0 bridgehead atoms. The molecule has 1 aliphatic carbocycles. The Hall–Kier alpha value is -1.06. The number of halogens is 1. The zero-order chi connectivity index (χ0) is 12.3. The summed E-state index contributed by atoms with van der Waals surface area (Å²) in [5, 5.41) is 3.71. The SMILES string of the molecule is NCC1(NC(=O)c2ccc(Cl)cc2)CCCC1. The second-order valence-corrected chi connectivity index (χ2v) is 5.09. The number of benzene rings is 1. The topological polar surface area (TPSA) is 55.1 Å². The first kappa shape index (κ1) is 12.4. The van der Waals surface area contributed by atoms with Gasteiger partial charge >= 0.3 is 0 Å². The summed E-state index contributed by atoms with van der Waals surface area (Å²) < 4.78 is 0. The van der Waals surface area contributed by atoms with Crippen molar-refractivity contribution in [2.45, 2.75) is 31.2 Å². The van der Waals surface area contributed by atoms with Crippen molar-refractivity contribution in [3.63, 3.8) is 0 Å². The molecule has 4 heteroatoms.